The average Bonchev–Trinajstić information content (AvgIpc) is 2.25. The molecule has 1 aliphatic rings. The smallest absolute Gasteiger partial charge is 0.128 e. The first kappa shape index (κ1) is 13.5. The molecule has 0 aliphatic heterocycles. The van der Waals surface area contributed by atoms with Crippen LogP contribution >= 0.6 is 0 Å². The quantitative estimate of drug-likeness (QED) is 0.524. The number of hydrogen-bond donors (Lipinski definition) is 0. The Bertz CT molecular complexity index is 295. The van der Waals surface area contributed by atoms with E-state index in [-0.39, 0.29) is 5.60 Å². The van der Waals surface area contributed by atoms with Crippen molar-refractivity contribution in [2.75, 3.05) is 7.11 Å². The Morgan fingerprint density at radius 2 is 1.75 bits per heavy atom. The lowest BCUT2D eigenvalue weighted by Crippen LogP contribution is -2.31. The fourth-order valence-electron chi connectivity index (χ4n) is 1.97. The van der Waals surface area contributed by atoms with Gasteiger partial charge in [0.15, 0.2) is 0 Å². The van der Waals surface area contributed by atoms with Crippen molar-refractivity contribution in [1.82, 2.24) is 0 Å². The molecule has 16 heavy (non-hydrogen) atoms. The Labute approximate surface area is 101 Å². The summed E-state index contributed by atoms with van der Waals surface area (Å²) >= 11 is 0. The summed E-state index contributed by atoms with van der Waals surface area (Å²) in [5.41, 5.74) is 2.13. The normalized spacial score (nSPS) is 20.5. The highest BCUT2D eigenvalue weighted by Crippen LogP contribution is 2.30. The standard InChI is InChI=1S/C14H24OSi/c1-15-14(10-6-5-7-11-14)12-8-9-13-16(2,3)4/h9,13H,5-7,10-11H2,1-4H3. The second-order valence-corrected chi connectivity index (χ2v) is 10.8. The lowest BCUT2D eigenvalue weighted by atomic mass is 9.85. The SMILES string of the molecule is COC1(C#CC=C[Si](C)(C)C)CCCCC1. The fourth-order valence-corrected chi connectivity index (χ4v) is 2.55. The van der Waals surface area contributed by atoms with Crippen LogP contribution in [-0.4, -0.2) is 20.8 Å². The largest absolute Gasteiger partial charge is 0.366 e. The van der Waals surface area contributed by atoms with Crippen LogP contribution in [0.25, 0.3) is 0 Å². The molecular formula is C14H24OSi. The van der Waals surface area contributed by atoms with Crippen LogP contribution in [0.4, 0.5) is 0 Å². The van der Waals surface area contributed by atoms with E-state index < -0.39 is 8.07 Å². The van der Waals surface area contributed by atoms with Crippen molar-refractivity contribution >= 4 is 8.07 Å². The number of methoxy groups -OCH3 is 1. The maximum atomic E-state index is 5.61. The first-order chi connectivity index (χ1) is 7.47. The Morgan fingerprint density at radius 3 is 2.25 bits per heavy atom. The van der Waals surface area contributed by atoms with Crippen LogP contribution in [0.1, 0.15) is 32.1 Å². The molecule has 0 N–H and O–H groups in total. The summed E-state index contributed by atoms with van der Waals surface area (Å²) in [5, 5.41) is 0. The molecule has 1 rings (SSSR count). The summed E-state index contributed by atoms with van der Waals surface area (Å²) in [7, 11) is 0.692. The Kier molecular flexibility index (Phi) is 4.82. The van der Waals surface area contributed by atoms with E-state index in [1.165, 1.54) is 19.3 Å². The molecular weight excluding hydrogens is 212 g/mol. The molecule has 0 heterocycles. The van der Waals surface area contributed by atoms with Crippen LogP contribution in [0, 0.1) is 11.8 Å². The lowest BCUT2D eigenvalue weighted by molar-refractivity contribution is 0.0104. The van der Waals surface area contributed by atoms with E-state index in [4.69, 9.17) is 4.74 Å². The first-order valence-corrected chi connectivity index (χ1v) is 9.81. The van der Waals surface area contributed by atoms with Gasteiger partial charge in [-0.05, 0) is 31.8 Å². The van der Waals surface area contributed by atoms with Crippen molar-refractivity contribution in [3.63, 3.8) is 0 Å². The zero-order valence-electron chi connectivity index (χ0n) is 11.1. The summed E-state index contributed by atoms with van der Waals surface area (Å²) in [6.45, 7) is 6.95. The van der Waals surface area contributed by atoms with E-state index in [0.29, 0.717) is 0 Å². The third-order valence-corrected chi connectivity index (χ3v) is 4.19. The molecule has 1 nitrogen and oxygen atoms in total. The molecule has 0 aromatic rings. The maximum Gasteiger partial charge on any atom is 0.128 e. The Hall–Kier alpha value is -0.523. The van der Waals surface area contributed by atoms with Gasteiger partial charge in [-0.15, -0.1) is 0 Å². The van der Waals surface area contributed by atoms with Gasteiger partial charge in [0.25, 0.3) is 0 Å². The van der Waals surface area contributed by atoms with Crippen LogP contribution in [0.3, 0.4) is 0 Å². The van der Waals surface area contributed by atoms with Gasteiger partial charge in [-0.1, -0.05) is 43.6 Å². The zero-order chi connectivity index (χ0) is 12.1. The van der Waals surface area contributed by atoms with Crippen molar-refractivity contribution in [2.45, 2.75) is 57.3 Å². The second-order valence-electron chi connectivity index (χ2n) is 5.73. The van der Waals surface area contributed by atoms with Crippen molar-refractivity contribution in [3.8, 4) is 11.8 Å². The maximum absolute atomic E-state index is 5.61. The van der Waals surface area contributed by atoms with E-state index in [0.717, 1.165) is 12.8 Å². The van der Waals surface area contributed by atoms with Crippen molar-refractivity contribution < 1.29 is 4.74 Å². The third kappa shape index (κ3) is 4.55. The minimum Gasteiger partial charge on any atom is -0.366 e. The van der Waals surface area contributed by atoms with E-state index in [1.807, 2.05) is 6.08 Å². The summed E-state index contributed by atoms with van der Waals surface area (Å²) in [4.78, 5) is 0. The number of ether oxygens (including phenoxy) is 1. The summed E-state index contributed by atoms with van der Waals surface area (Å²) < 4.78 is 5.61. The van der Waals surface area contributed by atoms with Crippen LogP contribution in [-0.2, 0) is 4.74 Å². The molecule has 0 unspecified atom stereocenters. The molecule has 0 bridgehead atoms. The molecule has 0 amide bonds. The van der Waals surface area contributed by atoms with Crippen LogP contribution in [0.15, 0.2) is 11.8 Å². The number of rotatable bonds is 2. The molecule has 90 valence electrons. The molecule has 1 saturated carbocycles. The van der Waals surface area contributed by atoms with Crippen molar-refractivity contribution in [1.29, 1.82) is 0 Å². The van der Waals surface area contributed by atoms with Crippen molar-refractivity contribution in [2.24, 2.45) is 0 Å². The number of hydrogen-bond acceptors (Lipinski definition) is 1. The fraction of sp³-hybridized carbons (Fsp3) is 0.714. The first-order valence-electron chi connectivity index (χ1n) is 6.23. The Balaban J connectivity index is 2.62. The molecule has 0 spiro atoms. The van der Waals surface area contributed by atoms with E-state index >= 15 is 0 Å². The third-order valence-electron chi connectivity index (χ3n) is 3.02. The average molecular weight is 236 g/mol. The molecule has 0 aromatic heterocycles. The highest BCUT2D eigenvalue weighted by Gasteiger charge is 2.29. The summed E-state index contributed by atoms with van der Waals surface area (Å²) in [6, 6.07) is 0. The molecule has 2 heteroatoms. The van der Waals surface area contributed by atoms with E-state index in [2.05, 4.69) is 37.2 Å². The van der Waals surface area contributed by atoms with Gasteiger partial charge in [0, 0.05) is 7.11 Å². The molecule has 0 atom stereocenters. The van der Waals surface area contributed by atoms with E-state index in [9.17, 15) is 0 Å². The highest BCUT2D eigenvalue weighted by atomic mass is 28.3. The van der Waals surface area contributed by atoms with Gasteiger partial charge >= 0.3 is 0 Å². The second kappa shape index (κ2) is 5.70. The lowest BCUT2D eigenvalue weighted by Gasteiger charge is -2.30. The van der Waals surface area contributed by atoms with Gasteiger partial charge in [0.2, 0.25) is 0 Å². The van der Waals surface area contributed by atoms with Gasteiger partial charge < -0.3 is 4.74 Å². The molecule has 1 fully saturated rings. The molecule has 0 radical (unpaired) electrons. The van der Waals surface area contributed by atoms with Gasteiger partial charge in [0.05, 0.1) is 8.07 Å². The summed E-state index contributed by atoms with van der Waals surface area (Å²) in [5.74, 6) is 6.50. The molecule has 0 saturated heterocycles. The minimum absolute atomic E-state index is 0.151. The monoisotopic (exact) mass is 236 g/mol. The van der Waals surface area contributed by atoms with Gasteiger partial charge in [-0.25, -0.2) is 0 Å². The van der Waals surface area contributed by atoms with Gasteiger partial charge in [-0.3, -0.25) is 0 Å². The predicted molar refractivity (Wildman–Crippen MR) is 73.1 cm³/mol. The molecule has 1 aliphatic carbocycles. The van der Waals surface area contributed by atoms with Gasteiger partial charge in [-0.2, -0.15) is 0 Å². The molecule has 0 aromatic carbocycles. The van der Waals surface area contributed by atoms with Crippen LogP contribution in [0.5, 0.6) is 0 Å². The Morgan fingerprint density at radius 1 is 1.12 bits per heavy atom. The van der Waals surface area contributed by atoms with Crippen LogP contribution < -0.4 is 0 Å². The van der Waals surface area contributed by atoms with E-state index in [1.54, 1.807) is 7.11 Å². The summed E-state index contributed by atoms with van der Waals surface area (Å²) in [6.07, 6.45) is 8.05. The highest BCUT2D eigenvalue weighted by molar-refractivity contribution is 6.81. The van der Waals surface area contributed by atoms with Crippen LogP contribution in [0.2, 0.25) is 19.6 Å². The minimum atomic E-state index is -1.10. The van der Waals surface area contributed by atoms with Gasteiger partial charge in [0.1, 0.15) is 5.60 Å². The zero-order valence-corrected chi connectivity index (χ0v) is 12.1. The number of allylic oxidation sites excluding steroid dienone is 1. The predicted octanol–water partition coefficient (Wildman–Crippen LogP) is 3.77. The van der Waals surface area contributed by atoms with Crippen molar-refractivity contribution in [3.05, 3.63) is 11.8 Å². The topological polar surface area (TPSA) is 9.23 Å².